The van der Waals surface area contributed by atoms with Crippen LogP contribution in [0.4, 0.5) is 0 Å². The van der Waals surface area contributed by atoms with Gasteiger partial charge in [0, 0.05) is 5.69 Å². The van der Waals surface area contributed by atoms with E-state index in [1.165, 1.54) is 41.1 Å². The van der Waals surface area contributed by atoms with E-state index in [2.05, 4.69) is 49.7 Å². The lowest BCUT2D eigenvalue weighted by Gasteiger charge is -2.13. The molecule has 0 saturated carbocycles. The average molecular weight is 499 g/mol. The maximum atomic E-state index is 13.1. The van der Waals surface area contributed by atoms with Crippen molar-refractivity contribution in [3.8, 4) is 11.4 Å². The Morgan fingerprint density at radius 3 is 1.94 bits per heavy atom. The number of nitrogens with one attached hydrogen (secondary N) is 1. The first-order chi connectivity index (χ1) is 15.9. The maximum absolute atomic E-state index is 13.1. The molecule has 0 aliphatic rings. The predicted molar refractivity (Wildman–Crippen MR) is 146 cm³/mol. The van der Waals surface area contributed by atoms with Gasteiger partial charge in [-0.25, -0.2) is 0 Å². The monoisotopic (exact) mass is 498 g/mol. The molecular weight excluding hydrogens is 469 g/mol. The summed E-state index contributed by atoms with van der Waals surface area (Å²) in [5, 5.41) is 0. The molecule has 0 spiro atoms. The molecule has 1 N–H and O–H groups in total. The number of fused-ring (bicyclic) bond motifs is 1. The highest BCUT2D eigenvalue weighted by Gasteiger charge is 2.14. The topological polar surface area (TPSA) is 46.0 Å². The second-order valence-electron chi connectivity index (χ2n) is 7.43. The molecule has 33 heavy (non-hydrogen) atoms. The van der Waals surface area contributed by atoms with E-state index in [4.69, 9.17) is 24.4 Å². The Morgan fingerprint density at radius 2 is 1.42 bits per heavy atom. The summed E-state index contributed by atoms with van der Waals surface area (Å²) in [5.74, 6) is 0. The SMILES string of the molecule is CCN(CC)CC.CCc1ccc(-n2c(=S)sc3c(=O)n(-c4ccccc4)c(=S)[nH]c32)cc1. The minimum absolute atomic E-state index is 0.157. The highest BCUT2D eigenvalue weighted by Crippen LogP contribution is 2.24. The van der Waals surface area contributed by atoms with Crippen LogP contribution in [0.3, 0.4) is 0 Å². The van der Waals surface area contributed by atoms with Gasteiger partial charge < -0.3 is 9.88 Å². The summed E-state index contributed by atoms with van der Waals surface area (Å²) >= 11 is 12.3. The molecule has 0 fully saturated rings. The van der Waals surface area contributed by atoms with E-state index in [0.29, 0.717) is 19.1 Å². The first-order valence-corrected chi connectivity index (χ1v) is 12.9. The van der Waals surface area contributed by atoms with Crippen LogP contribution in [0.5, 0.6) is 0 Å². The number of hydrogen-bond donors (Lipinski definition) is 1. The molecule has 0 aliphatic carbocycles. The standard InChI is InChI=1S/C19H15N3OS3.C6H15N/c1-2-12-8-10-14(11-9-12)21-16-15(26-19(21)25)17(23)22(18(24)20-16)13-6-4-3-5-7-13;1-4-7(5-2)6-3/h3-11H,2H2,1H3,(H,20,24);4-6H2,1-3H3. The van der Waals surface area contributed by atoms with Crippen LogP contribution in [0.25, 0.3) is 21.7 Å². The number of para-hydroxylation sites is 1. The molecule has 2 heterocycles. The minimum atomic E-state index is -0.157. The Morgan fingerprint density at radius 1 is 0.848 bits per heavy atom. The number of H-pyrrole nitrogens is 1. The highest BCUT2D eigenvalue weighted by atomic mass is 32.1. The normalized spacial score (nSPS) is 10.9. The smallest absolute Gasteiger partial charge is 0.278 e. The van der Waals surface area contributed by atoms with E-state index in [-0.39, 0.29) is 5.56 Å². The lowest BCUT2D eigenvalue weighted by molar-refractivity contribution is 0.321. The van der Waals surface area contributed by atoms with Crippen LogP contribution in [-0.4, -0.2) is 38.7 Å². The summed E-state index contributed by atoms with van der Waals surface area (Å²) < 4.78 is 4.90. The lowest BCUT2D eigenvalue weighted by Crippen LogP contribution is -2.21. The number of aromatic amines is 1. The summed E-state index contributed by atoms with van der Waals surface area (Å²) in [6, 6.07) is 17.5. The van der Waals surface area contributed by atoms with Gasteiger partial charge in [-0.2, -0.15) is 0 Å². The van der Waals surface area contributed by atoms with Crippen molar-refractivity contribution in [3.63, 3.8) is 0 Å². The van der Waals surface area contributed by atoms with Gasteiger partial charge in [-0.1, -0.05) is 69.4 Å². The Bertz CT molecular complexity index is 1360. The largest absolute Gasteiger partial charge is 0.316 e. The summed E-state index contributed by atoms with van der Waals surface area (Å²) in [5.41, 5.74) is 3.39. The Kier molecular flexibility index (Phi) is 8.91. The van der Waals surface area contributed by atoms with E-state index in [1.807, 2.05) is 47.0 Å². The zero-order valence-corrected chi connectivity index (χ0v) is 21.9. The summed E-state index contributed by atoms with van der Waals surface area (Å²) in [7, 11) is 0. The molecule has 5 nitrogen and oxygen atoms in total. The van der Waals surface area contributed by atoms with Crippen molar-refractivity contribution in [2.75, 3.05) is 19.6 Å². The van der Waals surface area contributed by atoms with Gasteiger partial charge in [-0.15, -0.1) is 0 Å². The quantitative estimate of drug-likeness (QED) is 0.307. The van der Waals surface area contributed by atoms with E-state index in [1.54, 1.807) is 0 Å². The Labute approximate surface area is 209 Å². The molecule has 4 aromatic rings. The van der Waals surface area contributed by atoms with E-state index >= 15 is 0 Å². The minimum Gasteiger partial charge on any atom is -0.316 e. The molecule has 0 bridgehead atoms. The van der Waals surface area contributed by atoms with Crippen LogP contribution in [-0.2, 0) is 6.42 Å². The fraction of sp³-hybridized carbons (Fsp3) is 0.320. The summed E-state index contributed by atoms with van der Waals surface area (Å²) in [4.78, 5) is 18.6. The van der Waals surface area contributed by atoms with Gasteiger partial charge in [0.25, 0.3) is 5.56 Å². The van der Waals surface area contributed by atoms with Crippen molar-refractivity contribution in [1.29, 1.82) is 0 Å². The maximum Gasteiger partial charge on any atom is 0.278 e. The van der Waals surface area contributed by atoms with Crippen molar-refractivity contribution < 1.29 is 0 Å². The van der Waals surface area contributed by atoms with Gasteiger partial charge in [-0.05, 0) is 80.3 Å². The van der Waals surface area contributed by atoms with Crippen LogP contribution in [0, 0.1) is 8.73 Å². The van der Waals surface area contributed by atoms with Crippen molar-refractivity contribution in [3.05, 3.63) is 79.2 Å². The fourth-order valence-electron chi connectivity index (χ4n) is 3.58. The number of thiazole rings is 1. The molecule has 0 saturated heterocycles. The zero-order chi connectivity index (χ0) is 24.0. The van der Waals surface area contributed by atoms with Crippen molar-refractivity contribution in [1.82, 2.24) is 19.0 Å². The van der Waals surface area contributed by atoms with Crippen LogP contribution >= 0.6 is 35.8 Å². The first kappa shape index (κ1) is 25.2. The van der Waals surface area contributed by atoms with Crippen molar-refractivity contribution in [2.24, 2.45) is 0 Å². The Hall–Kier alpha value is -2.39. The van der Waals surface area contributed by atoms with E-state index < -0.39 is 0 Å². The van der Waals surface area contributed by atoms with Crippen molar-refractivity contribution >= 4 is 46.1 Å². The third kappa shape index (κ3) is 5.58. The third-order valence-corrected chi connectivity index (χ3v) is 7.24. The van der Waals surface area contributed by atoms with Gasteiger partial charge >= 0.3 is 0 Å². The second-order valence-corrected chi connectivity index (χ2v) is 9.46. The fourth-order valence-corrected chi connectivity index (χ4v) is 5.19. The molecule has 0 radical (unpaired) electrons. The number of rotatable bonds is 6. The molecule has 0 amide bonds. The third-order valence-electron chi connectivity index (χ3n) is 5.60. The van der Waals surface area contributed by atoms with Crippen LogP contribution < -0.4 is 5.56 Å². The molecule has 174 valence electrons. The highest BCUT2D eigenvalue weighted by molar-refractivity contribution is 7.73. The Balaban J connectivity index is 0.000000383. The molecule has 2 aromatic heterocycles. The van der Waals surface area contributed by atoms with E-state index in [0.717, 1.165) is 17.8 Å². The molecular formula is C25H30N4OS3. The number of aryl methyl sites for hydroxylation is 1. The molecule has 2 aromatic carbocycles. The summed E-state index contributed by atoms with van der Waals surface area (Å²) in [6.45, 7) is 12.2. The molecule has 0 aliphatic heterocycles. The second kappa shape index (κ2) is 11.7. The predicted octanol–water partition coefficient (Wildman–Crippen LogP) is 6.54. The van der Waals surface area contributed by atoms with Gasteiger partial charge in [-0.3, -0.25) is 13.9 Å². The molecule has 0 atom stereocenters. The van der Waals surface area contributed by atoms with Crippen LogP contribution in [0.2, 0.25) is 0 Å². The number of nitrogens with zero attached hydrogens (tertiary/aromatic N) is 3. The van der Waals surface area contributed by atoms with Gasteiger partial charge in [0.2, 0.25) is 0 Å². The number of hydrogen-bond acceptors (Lipinski definition) is 5. The van der Waals surface area contributed by atoms with Gasteiger partial charge in [0.05, 0.1) is 5.69 Å². The van der Waals surface area contributed by atoms with Crippen LogP contribution in [0.15, 0.2) is 59.4 Å². The molecule has 4 rings (SSSR count). The van der Waals surface area contributed by atoms with Crippen LogP contribution in [0.1, 0.15) is 33.3 Å². The number of aromatic nitrogens is 3. The van der Waals surface area contributed by atoms with E-state index in [9.17, 15) is 4.79 Å². The van der Waals surface area contributed by atoms with Gasteiger partial charge in [0.15, 0.2) is 8.73 Å². The van der Waals surface area contributed by atoms with Crippen molar-refractivity contribution in [2.45, 2.75) is 34.1 Å². The average Bonchev–Trinajstić information content (AvgIpc) is 3.17. The summed E-state index contributed by atoms with van der Waals surface area (Å²) in [6.07, 6.45) is 0.973. The first-order valence-electron chi connectivity index (χ1n) is 11.2. The molecule has 0 unspecified atom stereocenters. The van der Waals surface area contributed by atoms with Gasteiger partial charge in [0.1, 0.15) is 10.3 Å². The zero-order valence-electron chi connectivity index (χ0n) is 19.5. The lowest BCUT2D eigenvalue weighted by atomic mass is 10.1. The number of benzene rings is 2. The molecule has 8 heteroatoms.